The summed E-state index contributed by atoms with van der Waals surface area (Å²) < 4.78 is 1.61. The number of likely N-dealkylation sites (tertiary alicyclic amines) is 1. The molecule has 158 valence electrons. The molecule has 10 nitrogen and oxygen atoms in total. The number of amides is 2. The molecular formula is C21H20N6O4. The van der Waals surface area contributed by atoms with Gasteiger partial charge in [-0.1, -0.05) is 0 Å². The molecule has 1 aromatic heterocycles. The Morgan fingerprint density at radius 3 is 2.61 bits per heavy atom. The lowest BCUT2D eigenvalue weighted by Gasteiger charge is -2.24. The second-order valence-corrected chi connectivity index (χ2v) is 7.29. The summed E-state index contributed by atoms with van der Waals surface area (Å²) in [7, 11) is 0. The molecule has 1 N–H and O–H groups in total. The Hall–Kier alpha value is -4.08. The highest BCUT2D eigenvalue weighted by molar-refractivity contribution is 6.01. The van der Waals surface area contributed by atoms with Gasteiger partial charge in [0.25, 0.3) is 11.6 Å². The van der Waals surface area contributed by atoms with Gasteiger partial charge in [-0.05, 0) is 56.2 Å². The minimum Gasteiger partial charge on any atom is -0.327 e. The van der Waals surface area contributed by atoms with E-state index < -0.39 is 11.0 Å². The Balaban J connectivity index is 1.46. The van der Waals surface area contributed by atoms with E-state index in [1.54, 1.807) is 30.1 Å². The van der Waals surface area contributed by atoms with Gasteiger partial charge in [0, 0.05) is 29.4 Å². The standard InChI is InChI=1S/C21H20N6O4/c1-14-11-15(4-9-18(14)27(30)31)21(29)25-10-2-3-19(25)20(28)24-16-5-7-17(8-6-16)26-13-22-12-23-26/h4-9,11-13,19H,2-3,10H2,1H3,(H,24,28). The van der Waals surface area contributed by atoms with Crippen molar-refractivity contribution in [3.63, 3.8) is 0 Å². The lowest BCUT2D eigenvalue weighted by Crippen LogP contribution is -2.43. The summed E-state index contributed by atoms with van der Waals surface area (Å²) in [5.41, 5.74) is 2.12. The third-order valence-electron chi connectivity index (χ3n) is 5.27. The summed E-state index contributed by atoms with van der Waals surface area (Å²) >= 11 is 0. The number of carbonyl (C=O) groups excluding carboxylic acids is 2. The zero-order chi connectivity index (χ0) is 22.0. The molecule has 4 rings (SSSR count). The molecule has 0 radical (unpaired) electrons. The fourth-order valence-electron chi connectivity index (χ4n) is 3.71. The average molecular weight is 420 g/mol. The van der Waals surface area contributed by atoms with E-state index in [1.807, 2.05) is 12.1 Å². The highest BCUT2D eigenvalue weighted by atomic mass is 16.6. The summed E-state index contributed by atoms with van der Waals surface area (Å²) in [5, 5.41) is 17.9. The first-order valence-corrected chi connectivity index (χ1v) is 9.76. The fourth-order valence-corrected chi connectivity index (χ4v) is 3.71. The Morgan fingerprint density at radius 2 is 1.97 bits per heavy atom. The smallest absolute Gasteiger partial charge is 0.272 e. The van der Waals surface area contributed by atoms with Gasteiger partial charge < -0.3 is 10.2 Å². The molecule has 0 saturated carbocycles. The van der Waals surface area contributed by atoms with E-state index in [4.69, 9.17) is 0 Å². The van der Waals surface area contributed by atoms with Crippen LogP contribution < -0.4 is 5.32 Å². The molecule has 1 aliphatic heterocycles. The molecular weight excluding hydrogens is 400 g/mol. The van der Waals surface area contributed by atoms with Crippen molar-refractivity contribution in [2.75, 3.05) is 11.9 Å². The molecule has 1 atom stereocenters. The Morgan fingerprint density at radius 1 is 1.19 bits per heavy atom. The fraction of sp³-hybridized carbons (Fsp3) is 0.238. The zero-order valence-electron chi connectivity index (χ0n) is 16.8. The van der Waals surface area contributed by atoms with Gasteiger partial charge in [-0.3, -0.25) is 19.7 Å². The first-order chi connectivity index (χ1) is 14.9. The van der Waals surface area contributed by atoms with E-state index in [-0.39, 0.29) is 17.5 Å². The molecule has 0 spiro atoms. The minimum atomic E-state index is -0.599. The molecule has 2 aromatic carbocycles. The summed E-state index contributed by atoms with van der Waals surface area (Å²) in [6.45, 7) is 2.05. The number of benzene rings is 2. The Bertz CT molecular complexity index is 1130. The number of carbonyl (C=O) groups is 2. The highest BCUT2D eigenvalue weighted by Gasteiger charge is 2.35. The third kappa shape index (κ3) is 4.13. The van der Waals surface area contributed by atoms with Crippen LogP contribution in [-0.4, -0.2) is 49.0 Å². The first-order valence-electron chi connectivity index (χ1n) is 9.76. The van der Waals surface area contributed by atoms with Crippen LogP contribution in [0.15, 0.2) is 55.1 Å². The molecule has 1 fully saturated rings. The summed E-state index contributed by atoms with van der Waals surface area (Å²) in [4.78, 5) is 41.8. The van der Waals surface area contributed by atoms with Gasteiger partial charge in [-0.2, -0.15) is 5.10 Å². The summed E-state index contributed by atoms with van der Waals surface area (Å²) in [5.74, 6) is -0.574. The largest absolute Gasteiger partial charge is 0.327 e. The van der Waals surface area contributed by atoms with E-state index in [0.29, 0.717) is 36.2 Å². The minimum absolute atomic E-state index is 0.0402. The maximum atomic E-state index is 13.0. The number of nitro benzene ring substituents is 1. The number of aromatic nitrogens is 3. The monoisotopic (exact) mass is 420 g/mol. The van der Waals surface area contributed by atoms with Crippen molar-refractivity contribution < 1.29 is 14.5 Å². The number of rotatable bonds is 5. The van der Waals surface area contributed by atoms with Crippen molar-refractivity contribution in [2.24, 2.45) is 0 Å². The number of anilines is 1. The van der Waals surface area contributed by atoms with Crippen LogP contribution in [0, 0.1) is 17.0 Å². The van der Waals surface area contributed by atoms with Crippen molar-refractivity contribution in [1.29, 1.82) is 0 Å². The number of aryl methyl sites for hydroxylation is 1. The molecule has 0 bridgehead atoms. The predicted molar refractivity (Wildman–Crippen MR) is 112 cm³/mol. The number of nitro groups is 1. The molecule has 3 aromatic rings. The maximum absolute atomic E-state index is 13.0. The Labute approximate surface area is 177 Å². The molecule has 0 aliphatic carbocycles. The van der Waals surface area contributed by atoms with E-state index in [1.165, 1.54) is 29.4 Å². The van der Waals surface area contributed by atoms with E-state index in [9.17, 15) is 19.7 Å². The molecule has 1 aliphatic rings. The van der Waals surface area contributed by atoms with E-state index in [2.05, 4.69) is 15.4 Å². The zero-order valence-corrected chi connectivity index (χ0v) is 16.8. The summed E-state index contributed by atoms with van der Waals surface area (Å²) in [6, 6.07) is 10.8. The van der Waals surface area contributed by atoms with Crippen LogP contribution in [0.2, 0.25) is 0 Å². The molecule has 1 unspecified atom stereocenters. The van der Waals surface area contributed by atoms with Crippen molar-refractivity contribution in [3.05, 3.63) is 76.4 Å². The highest BCUT2D eigenvalue weighted by Crippen LogP contribution is 2.25. The van der Waals surface area contributed by atoms with Crippen LogP contribution in [0.3, 0.4) is 0 Å². The van der Waals surface area contributed by atoms with Crippen molar-refractivity contribution >= 4 is 23.2 Å². The van der Waals surface area contributed by atoms with E-state index >= 15 is 0 Å². The normalized spacial score (nSPS) is 15.6. The van der Waals surface area contributed by atoms with Gasteiger partial charge in [0.1, 0.15) is 18.7 Å². The summed E-state index contributed by atoms with van der Waals surface area (Å²) in [6.07, 6.45) is 4.28. The topological polar surface area (TPSA) is 123 Å². The van der Waals surface area contributed by atoms with Gasteiger partial charge in [0.2, 0.25) is 5.91 Å². The van der Waals surface area contributed by atoms with Crippen LogP contribution in [-0.2, 0) is 4.79 Å². The average Bonchev–Trinajstić information content (AvgIpc) is 3.45. The molecule has 2 heterocycles. The van der Waals surface area contributed by atoms with Gasteiger partial charge in [0.15, 0.2) is 0 Å². The van der Waals surface area contributed by atoms with Gasteiger partial charge >= 0.3 is 0 Å². The SMILES string of the molecule is Cc1cc(C(=O)N2CCCC2C(=O)Nc2ccc(-n3cncn3)cc2)ccc1[N+](=O)[O-]. The Kier molecular flexibility index (Phi) is 5.44. The van der Waals surface area contributed by atoms with Crippen LogP contribution in [0.4, 0.5) is 11.4 Å². The van der Waals surface area contributed by atoms with Crippen molar-refractivity contribution in [1.82, 2.24) is 19.7 Å². The lowest BCUT2D eigenvalue weighted by molar-refractivity contribution is -0.385. The number of hydrogen-bond acceptors (Lipinski definition) is 6. The number of nitrogens with one attached hydrogen (secondary N) is 1. The second-order valence-electron chi connectivity index (χ2n) is 7.29. The maximum Gasteiger partial charge on any atom is 0.272 e. The number of nitrogens with zero attached hydrogens (tertiary/aromatic N) is 5. The van der Waals surface area contributed by atoms with Crippen LogP contribution in [0.5, 0.6) is 0 Å². The molecule has 1 saturated heterocycles. The van der Waals surface area contributed by atoms with Crippen LogP contribution >= 0.6 is 0 Å². The third-order valence-corrected chi connectivity index (χ3v) is 5.27. The molecule has 2 amide bonds. The van der Waals surface area contributed by atoms with Gasteiger partial charge in [0.05, 0.1) is 10.6 Å². The second kappa shape index (κ2) is 8.34. The molecule has 31 heavy (non-hydrogen) atoms. The first kappa shape index (κ1) is 20.2. The quantitative estimate of drug-likeness (QED) is 0.500. The lowest BCUT2D eigenvalue weighted by atomic mass is 10.1. The van der Waals surface area contributed by atoms with Crippen molar-refractivity contribution in [2.45, 2.75) is 25.8 Å². The van der Waals surface area contributed by atoms with Crippen LogP contribution in [0.1, 0.15) is 28.8 Å². The predicted octanol–water partition coefficient (Wildman–Crippen LogP) is 2.73. The van der Waals surface area contributed by atoms with Crippen molar-refractivity contribution in [3.8, 4) is 5.69 Å². The van der Waals surface area contributed by atoms with Gasteiger partial charge in [-0.15, -0.1) is 0 Å². The van der Waals surface area contributed by atoms with Crippen LogP contribution in [0.25, 0.3) is 5.69 Å². The van der Waals surface area contributed by atoms with E-state index in [0.717, 1.165) is 5.69 Å². The number of hydrogen-bond donors (Lipinski definition) is 1. The van der Waals surface area contributed by atoms with Gasteiger partial charge in [-0.25, -0.2) is 9.67 Å². The molecule has 10 heteroatoms.